The highest BCUT2D eigenvalue weighted by Crippen LogP contribution is 2.44. The lowest BCUT2D eigenvalue weighted by atomic mass is 10.1. The van der Waals surface area contributed by atoms with Crippen molar-refractivity contribution in [3.8, 4) is 0 Å². The molecule has 2 heterocycles. The van der Waals surface area contributed by atoms with Gasteiger partial charge in [0.05, 0.1) is 17.2 Å². The second kappa shape index (κ2) is 5.17. The van der Waals surface area contributed by atoms with Gasteiger partial charge in [0.25, 0.3) is 0 Å². The van der Waals surface area contributed by atoms with E-state index in [-0.39, 0.29) is 6.61 Å². The Hall–Kier alpha value is -0.610. The van der Waals surface area contributed by atoms with Crippen LogP contribution in [0, 0.1) is 0 Å². The third kappa shape index (κ3) is 2.41. The van der Waals surface area contributed by atoms with E-state index in [1.54, 1.807) is 11.3 Å². The topological polar surface area (TPSA) is 36.4 Å². The van der Waals surface area contributed by atoms with Crippen molar-refractivity contribution < 1.29 is 5.11 Å². The molecule has 1 saturated heterocycles. The average molecular weight is 266 g/mol. The van der Waals surface area contributed by atoms with Gasteiger partial charge in [-0.15, -0.1) is 0 Å². The third-order valence-corrected chi connectivity index (χ3v) is 5.22. The van der Waals surface area contributed by atoms with Gasteiger partial charge in [0, 0.05) is 18.5 Å². The summed E-state index contributed by atoms with van der Waals surface area (Å²) in [7, 11) is 0. The number of hydrogen-bond acceptors (Lipinski definition) is 4. The highest BCUT2D eigenvalue weighted by atomic mass is 32.1. The molecule has 1 atom stereocenters. The van der Waals surface area contributed by atoms with Gasteiger partial charge in [0.2, 0.25) is 0 Å². The highest BCUT2D eigenvalue weighted by Gasteiger charge is 2.31. The van der Waals surface area contributed by atoms with E-state index >= 15 is 0 Å². The Kier molecular flexibility index (Phi) is 3.57. The molecule has 0 aromatic carbocycles. The fourth-order valence-corrected chi connectivity index (χ4v) is 3.96. The standard InChI is InChI=1S/C14H22N2OS/c1-10-5-3-2-4-8-16(10)14-15-13(11-6-7-11)12(9-17)18-14/h10-11,17H,2-9H2,1H3. The van der Waals surface area contributed by atoms with Crippen LogP contribution in [-0.2, 0) is 6.61 Å². The van der Waals surface area contributed by atoms with Crippen LogP contribution in [0.25, 0.3) is 0 Å². The first kappa shape index (κ1) is 12.4. The molecular weight excluding hydrogens is 244 g/mol. The number of nitrogens with zero attached hydrogens (tertiary/aromatic N) is 2. The molecule has 1 aromatic rings. The summed E-state index contributed by atoms with van der Waals surface area (Å²) < 4.78 is 0. The Morgan fingerprint density at radius 1 is 1.28 bits per heavy atom. The SMILES string of the molecule is CC1CCCCCN1c1nc(C2CC2)c(CO)s1. The Morgan fingerprint density at radius 3 is 2.83 bits per heavy atom. The van der Waals surface area contributed by atoms with Crippen LogP contribution in [-0.4, -0.2) is 22.7 Å². The molecular formula is C14H22N2OS. The molecule has 0 amide bonds. The molecule has 3 rings (SSSR count). The quantitative estimate of drug-likeness (QED) is 0.912. The number of aromatic nitrogens is 1. The second-order valence-electron chi connectivity index (χ2n) is 5.63. The summed E-state index contributed by atoms with van der Waals surface area (Å²) in [5.41, 5.74) is 1.19. The maximum Gasteiger partial charge on any atom is 0.186 e. The summed E-state index contributed by atoms with van der Waals surface area (Å²) in [4.78, 5) is 8.41. The molecule has 1 aliphatic carbocycles. The first-order valence-electron chi connectivity index (χ1n) is 7.16. The maximum atomic E-state index is 9.48. The first-order valence-corrected chi connectivity index (χ1v) is 7.98. The van der Waals surface area contributed by atoms with Gasteiger partial charge in [-0.25, -0.2) is 4.98 Å². The van der Waals surface area contributed by atoms with E-state index in [4.69, 9.17) is 4.98 Å². The molecule has 0 bridgehead atoms. The molecule has 1 N–H and O–H groups in total. The Bertz CT molecular complexity index is 414. The van der Waals surface area contributed by atoms with E-state index in [0.717, 1.165) is 16.6 Å². The Morgan fingerprint density at radius 2 is 2.11 bits per heavy atom. The first-order chi connectivity index (χ1) is 8.79. The largest absolute Gasteiger partial charge is 0.391 e. The third-order valence-electron chi connectivity index (χ3n) is 4.12. The van der Waals surface area contributed by atoms with Gasteiger partial charge in [-0.1, -0.05) is 24.2 Å². The number of anilines is 1. The summed E-state index contributed by atoms with van der Waals surface area (Å²) in [5.74, 6) is 0.638. The normalized spacial score (nSPS) is 25.2. The van der Waals surface area contributed by atoms with E-state index in [2.05, 4.69) is 11.8 Å². The summed E-state index contributed by atoms with van der Waals surface area (Å²) >= 11 is 1.71. The van der Waals surface area contributed by atoms with Gasteiger partial charge in [-0.05, 0) is 32.6 Å². The zero-order chi connectivity index (χ0) is 12.5. The molecule has 100 valence electrons. The van der Waals surface area contributed by atoms with Crippen LogP contribution < -0.4 is 4.90 Å². The number of aliphatic hydroxyl groups is 1. The lowest BCUT2D eigenvalue weighted by molar-refractivity contribution is 0.284. The average Bonchev–Trinajstić information content (AvgIpc) is 3.16. The fourth-order valence-electron chi connectivity index (χ4n) is 2.82. The van der Waals surface area contributed by atoms with Crippen molar-refractivity contribution in [2.45, 2.75) is 64.0 Å². The zero-order valence-electron chi connectivity index (χ0n) is 11.1. The number of rotatable bonds is 3. The number of aliphatic hydroxyl groups excluding tert-OH is 1. The van der Waals surface area contributed by atoms with Crippen molar-refractivity contribution in [1.82, 2.24) is 4.98 Å². The van der Waals surface area contributed by atoms with Crippen molar-refractivity contribution in [2.75, 3.05) is 11.4 Å². The Balaban J connectivity index is 1.85. The highest BCUT2D eigenvalue weighted by molar-refractivity contribution is 7.15. The lowest BCUT2D eigenvalue weighted by Crippen LogP contribution is -2.32. The van der Waals surface area contributed by atoms with Crippen LogP contribution in [0.4, 0.5) is 5.13 Å². The second-order valence-corrected chi connectivity index (χ2v) is 6.69. The molecule has 0 radical (unpaired) electrons. The maximum absolute atomic E-state index is 9.48. The molecule has 18 heavy (non-hydrogen) atoms. The smallest absolute Gasteiger partial charge is 0.186 e. The molecule has 1 unspecified atom stereocenters. The van der Waals surface area contributed by atoms with Gasteiger partial charge < -0.3 is 10.0 Å². The monoisotopic (exact) mass is 266 g/mol. The number of thiazole rings is 1. The van der Waals surface area contributed by atoms with Crippen LogP contribution >= 0.6 is 11.3 Å². The molecule has 2 fully saturated rings. The molecule has 2 aliphatic rings. The van der Waals surface area contributed by atoms with E-state index in [0.29, 0.717) is 12.0 Å². The van der Waals surface area contributed by atoms with E-state index in [1.165, 1.54) is 44.2 Å². The molecule has 4 heteroatoms. The van der Waals surface area contributed by atoms with Crippen LogP contribution in [0.1, 0.15) is 61.9 Å². The summed E-state index contributed by atoms with van der Waals surface area (Å²) in [6.45, 7) is 3.59. The number of hydrogen-bond donors (Lipinski definition) is 1. The van der Waals surface area contributed by atoms with E-state index in [1.807, 2.05) is 0 Å². The van der Waals surface area contributed by atoms with Gasteiger partial charge in [-0.3, -0.25) is 0 Å². The summed E-state index contributed by atoms with van der Waals surface area (Å²) in [6.07, 6.45) is 7.74. The minimum Gasteiger partial charge on any atom is -0.391 e. The predicted octanol–water partition coefficient (Wildman–Crippen LogP) is 3.28. The van der Waals surface area contributed by atoms with Gasteiger partial charge in [-0.2, -0.15) is 0 Å². The van der Waals surface area contributed by atoms with Crippen LogP contribution in [0.2, 0.25) is 0 Å². The molecule has 1 saturated carbocycles. The zero-order valence-corrected chi connectivity index (χ0v) is 11.9. The fraction of sp³-hybridized carbons (Fsp3) is 0.786. The Labute approximate surface area is 113 Å². The van der Waals surface area contributed by atoms with E-state index < -0.39 is 0 Å². The van der Waals surface area contributed by atoms with Crippen LogP contribution in [0.5, 0.6) is 0 Å². The van der Waals surface area contributed by atoms with Gasteiger partial charge in [0.1, 0.15) is 0 Å². The van der Waals surface area contributed by atoms with Crippen molar-refractivity contribution in [1.29, 1.82) is 0 Å². The van der Waals surface area contributed by atoms with Crippen LogP contribution in [0.3, 0.4) is 0 Å². The molecule has 3 nitrogen and oxygen atoms in total. The summed E-state index contributed by atoms with van der Waals surface area (Å²) in [5, 5.41) is 10.6. The minimum atomic E-state index is 0.158. The molecule has 1 aliphatic heterocycles. The van der Waals surface area contributed by atoms with Crippen molar-refractivity contribution in [2.24, 2.45) is 0 Å². The summed E-state index contributed by atoms with van der Waals surface area (Å²) in [6, 6.07) is 0.595. The molecule has 1 aromatic heterocycles. The van der Waals surface area contributed by atoms with E-state index in [9.17, 15) is 5.11 Å². The predicted molar refractivity (Wildman–Crippen MR) is 75.3 cm³/mol. The van der Waals surface area contributed by atoms with Crippen molar-refractivity contribution in [3.05, 3.63) is 10.6 Å². The minimum absolute atomic E-state index is 0.158. The van der Waals surface area contributed by atoms with Gasteiger partial charge in [0.15, 0.2) is 5.13 Å². The van der Waals surface area contributed by atoms with Gasteiger partial charge >= 0.3 is 0 Å². The van der Waals surface area contributed by atoms with Crippen molar-refractivity contribution in [3.63, 3.8) is 0 Å². The lowest BCUT2D eigenvalue weighted by Gasteiger charge is -2.26. The van der Waals surface area contributed by atoms with Crippen molar-refractivity contribution >= 4 is 16.5 Å². The molecule has 0 spiro atoms. The van der Waals surface area contributed by atoms with Crippen LogP contribution in [0.15, 0.2) is 0 Å².